The number of amides is 2. The molecule has 0 saturated carbocycles. The molecule has 1 aromatic rings. The van der Waals surface area contributed by atoms with Gasteiger partial charge in [0.15, 0.2) is 0 Å². The van der Waals surface area contributed by atoms with Gasteiger partial charge in [0.25, 0.3) is 5.91 Å². The monoisotopic (exact) mass is 325 g/mol. The summed E-state index contributed by atoms with van der Waals surface area (Å²) in [7, 11) is 0. The fourth-order valence-electron chi connectivity index (χ4n) is 2.31. The van der Waals surface area contributed by atoms with Gasteiger partial charge in [-0.3, -0.25) is 9.59 Å². The highest BCUT2D eigenvalue weighted by atomic mass is 79.9. The lowest BCUT2D eigenvalue weighted by Crippen LogP contribution is -2.39. The molecule has 0 unspecified atom stereocenters. The summed E-state index contributed by atoms with van der Waals surface area (Å²) in [4.78, 5) is 28.9. The third-order valence-electron chi connectivity index (χ3n) is 3.37. The summed E-state index contributed by atoms with van der Waals surface area (Å²) in [6.45, 7) is 1.35. The quantitative estimate of drug-likeness (QED) is 0.857. The van der Waals surface area contributed by atoms with Crippen molar-refractivity contribution >= 4 is 27.7 Å². The lowest BCUT2D eigenvalue weighted by atomic mass is 9.93. The summed E-state index contributed by atoms with van der Waals surface area (Å²) in [5, 5.41) is 0. The van der Waals surface area contributed by atoms with Crippen molar-refractivity contribution in [2.24, 2.45) is 11.7 Å². The summed E-state index contributed by atoms with van der Waals surface area (Å²) < 4.78 is 0.712. The number of hydrogen-bond donors (Lipinski definition) is 1. The molecule has 102 valence electrons. The van der Waals surface area contributed by atoms with Gasteiger partial charge in [-0.05, 0) is 46.8 Å². The van der Waals surface area contributed by atoms with E-state index in [1.54, 1.807) is 18.3 Å². The summed E-state index contributed by atoms with van der Waals surface area (Å²) in [5.41, 5.74) is 5.78. The number of primary amides is 1. The maximum Gasteiger partial charge on any atom is 0.255 e. The Morgan fingerprint density at radius 3 is 2.58 bits per heavy atom. The van der Waals surface area contributed by atoms with Gasteiger partial charge in [0.2, 0.25) is 5.91 Å². The van der Waals surface area contributed by atoms with E-state index in [4.69, 9.17) is 5.73 Å². The minimum Gasteiger partial charge on any atom is -0.370 e. The predicted octanol–water partition coefficient (Wildman–Crippen LogP) is 1.57. The molecule has 2 heterocycles. The van der Waals surface area contributed by atoms with Gasteiger partial charge >= 0.3 is 0 Å². The zero-order chi connectivity index (χ0) is 13.8. The van der Waals surface area contributed by atoms with E-state index in [-0.39, 0.29) is 11.8 Å². The highest BCUT2D eigenvalue weighted by Gasteiger charge is 2.24. The van der Waals surface area contributed by atoms with Crippen LogP contribution in [0.3, 0.4) is 0 Å². The Kier molecular flexibility index (Phi) is 4.52. The Morgan fingerprint density at radius 2 is 2.05 bits per heavy atom. The predicted molar refractivity (Wildman–Crippen MR) is 74.4 cm³/mol. The molecule has 0 aliphatic carbocycles. The molecule has 1 aromatic heterocycles. The Bertz CT molecular complexity index is 467. The Labute approximate surface area is 120 Å². The van der Waals surface area contributed by atoms with Crippen LogP contribution in [0.5, 0.6) is 0 Å². The second-order valence-electron chi connectivity index (χ2n) is 4.78. The zero-order valence-electron chi connectivity index (χ0n) is 10.5. The number of halogens is 1. The second-order valence-corrected chi connectivity index (χ2v) is 5.59. The van der Waals surface area contributed by atoms with Gasteiger partial charge in [-0.15, -0.1) is 0 Å². The van der Waals surface area contributed by atoms with Crippen molar-refractivity contribution in [2.75, 3.05) is 13.1 Å². The standard InChI is InChI=1S/C13H16BrN3O2/c14-11-2-1-10(8-16-11)13(19)17-5-3-9(4-6-17)7-12(15)18/h1-2,8-9H,3-7H2,(H2,15,18). The summed E-state index contributed by atoms with van der Waals surface area (Å²) in [5.74, 6) is 0.0454. The molecule has 0 aromatic carbocycles. The Balaban J connectivity index is 1.92. The van der Waals surface area contributed by atoms with Crippen molar-refractivity contribution in [1.82, 2.24) is 9.88 Å². The number of hydrogen-bond acceptors (Lipinski definition) is 3. The van der Waals surface area contributed by atoms with Gasteiger partial charge in [0.1, 0.15) is 4.60 Å². The van der Waals surface area contributed by atoms with Crippen LogP contribution in [0.25, 0.3) is 0 Å². The van der Waals surface area contributed by atoms with Crippen molar-refractivity contribution in [3.05, 3.63) is 28.5 Å². The first-order chi connectivity index (χ1) is 9.06. The summed E-state index contributed by atoms with van der Waals surface area (Å²) >= 11 is 3.24. The SMILES string of the molecule is NC(=O)CC1CCN(C(=O)c2ccc(Br)nc2)CC1. The molecule has 1 aliphatic heterocycles. The van der Waals surface area contributed by atoms with Crippen molar-refractivity contribution in [3.63, 3.8) is 0 Å². The van der Waals surface area contributed by atoms with Gasteiger partial charge in [-0.1, -0.05) is 0 Å². The first-order valence-corrected chi connectivity index (χ1v) is 7.04. The number of piperidine rings is 1. The number of likely N-dealkylation sites (tertiary alicyclic amines) is 1. The van der Waals surface area contributed by atoms with Gasteiger partial charge in [0, 0.05) is 25.7 Å². The van der Waals surface area contributed by atoms with E-state index < -0.39 is 0 Å². The fourth-order valence-corrected chi connectivity index (χ4v) is 2.54. The van der Waals surface area contributed by atoms with Crippen LogP contribution >= 0.6 is 15.9 Å². The van der Waals surface area contributed by atoms with Crippen molar-refractivity contribution < 1.29 is 9.59 Å². The average Bonchev–Trinajstić information content (AvgIpc) is 2.39. The Hall–Kier alpha value is -1.43. The van der Waals surface area contributed by atoms with Crippen LogP contribution in [0.2, 0.25) is 0 Å². The minimum atomic E-state index is -0.262. The molecule has 19 heavy (non-hydrogen) atoms. The van der Waals surface area contributed by atoms with Crippen molar-refractivity contribution in [2.45, 2.75) is 19.3 Å². The number of carbonyl (C=O) groups is 2. The molecule has 1 saturated heterocycles. The molecular formula is C13H16BrN3O2. The lowest BCUT2D eigenvalue weighted by Gasteiger charge is -2.31. The average molecular weight is 326 g/mol. The van der Waals surface area contributed by atoms with Crippen LogP contribution in [0.15, 0.2) is 22.9 Å². The van der Waals surface area contributed by atoms with Gasteiger partial charge < -0.3 is 10.6 Å². The molecular weight excluding hydrogens is 310 g/mol. The van der Waals surface area contributed by atoms with Crippen LogP contribution in [-0.2, 0) is 4.79 Å². The smallest absolute Gasteiger partial charge is 0.255 e. The van der Waals surface area contributed by atoms with Crippen LogP contribution < -0.4 is 5.73 Å². The third-order valence-corrected chi connectivity index (χ3v) is 3.84. The van der Waals surface area contributed by atoms with E-state index in [9.17, 15) is 9.59 Å². The fraction of sp³-hybridized carbons (Fsp3) is 0.462. The van der Waals surface area contributed by atoms with E-state index in [0.717, 1.165) is 12.8 Å². The van der Waals surface area contributed by atoms with E-state index in [2.05, 4.69) is 20.9 Å². The van der Waals surface area contributed by atoms with Gasteiger partial charge in [0.05, 0.1) is 5.56 Å². The highest BCUT2D eigenvalue weighted by Crippen LogP contribution is 2.21. The maximum atomic E-state index is 12.2. The molecule has 0 bridgehead atoms. The molecule has 2 N–H and O–H groups in total. The molecule has 0 spiro atoms. The minimum absolute atomic E-state index is 0.00229. The lowest BCUT2D eigenvalue weighted by molar-refractivity contribution is -0.119. The van der Waals surface area contributed by atoms with Crippen LogP contribution in [0, 0.1) is 5.92 Å². The van der Waals surface area contributed by atoms with Crippen LogP contribution in [0.1, 0.15) is 29.6 Å². The normalized spacial score (nSPS) is 16.4. The molecule has 1 fully saturated rings. The van der Waals surface area contributed by atoms with E-state index in [1.807, 2.05) is 4.90 Å². The van der Waals surface area contributed by atoms with E-state index >= 15 is 0 Å². The molecule has 0 radical (unpaired) electrons. The van der Waals surface area contributed by atoms with E-state index in [0.29, 0.717) is 35.6 Å². The van der Waals surface area contributed by atoms with Gasteiger partial charge in [-0.2, -0.15) is 0 Å². The van der Waals surface area contributed by atoms with Crippen molar-refractivity contribution in [1.29, 1.82) is 0 Å². The number of nitrogens with two attached hydrogens (primary N) is 1. The van der Waals surface area contributed by atoms with E-state index in [1.165, 1.54) is 0 Å². The number of rotatable bonds is 3. The number of aromatic nitrogens is 1. The number of nitrogens with zero attached hydrogens (tertiary/aromatic N) is 2. The molecule has 2 amide bonds. The van der Waals surface area contributed by atoms with Gasteiger partial charge in [-0.25, -0.2) is 4.98 Å². The zero-order valence-corrected chi connectivity index (χ0v) is 12.1. The molecule has 6 heteroatoms. The first-order valence-electron chi connectivity index (χ1n) is 6.25. The first kappa shape index (κ1) is 14.0. The van der Waals surface area contributed by atoms with Crippen LogP contribution in [0.4, 0.5) is 0 Å². The number of carbonyl (C=O) groups excluding carboxylic acids is 2. The highest BCUT2D eigenvalue weighted by molar-refractivity contribution is 9.10. The largest absolute Gasteiger partial charge is 0.370 e. The third kappa shape index (κ3) is 3.76. The maximum absolute atomic E-state index is 12.2. The molecule has 0 atom stereocenters. The Morgan fingerprint density at radius 1 is 1.37 bits per heavy atom. The van der Waals surface area contributed by atoms with Crippen molar-refractivity contribution in [3.8, 4) is 0 Å². The molecule has 1 aliphatic rings. The summed E-state index contributed by atoms with van der Waals surface area (Å²) in [6.07, 6.45) is 3.65. The summed E-state index contributed by atoms with van der Waals surface area (Å²) in [6, 6.07) is 3.52. The topological polar surface area (TPSA) is 76.3 Å². The van der Waals surface area contributed by atoms with Crippen LogP contribution in [-0.4, -0.2) is 34.8 Å². The number of pyridine rings is 1. The molecule has 5 nitrogen and oxygen atoms in total. The second kappa shape index (κ2) is 6.14. The molecule has 2 rings (SSSR count).